The van der Waals surface area contributed by atoms with E-state index in [9.17, 15) is 9.59 Å². The van der Waals surface area contributed by atoms with Crippen molar-refractivity contribution >= 4 is 33.5 Å². The summed E-state index contributed by atoms with van der Waals surface area (Å²) < 4.78 is 10.8. The van der Waals surface area contributed by atoms with Crippen LogP contribution in [0.1, 0.15) is 10.4 Å². The highest BCUT2D eigenvalue weighted by atomic mass is 79.9. The molecule has 0 saturated heterocycles. The second kappa shape index (κ2) is 7.61. The highest BCUT2D eigenvalue weighted by Crippen LogP contribution is 2.24. The Bertz CT molecular complexity index is 673. The van der Waals surface area contributed by atoms with Gasteiger partial charge in [-0.05, 0) is 30.3 Å². The minimum atomic E-state index is -0.528. The molecule has 1 N–H and O–H groups in total. The van der Waals surface area contributed by atoms with Gasteiger partial charge in [-0.15, -0.1) is 0 Å². The molecule has 0 unspecified atom stereocenters. The van der Waals surface area contributed by atoms with Crippen LogP contribution in [0.2, 0.25) is 0 Å². The van der Waals surface area contributed by atoms with Crippen LogP contribution in [0.25, 0.3) is 0 Å². The van der Waals surface area contributed by atoms with E-state index in [0.29, 0.717) is 15.9 Å². The van der Waals surface area contributed by atoms with Crippen LogP contribution in [-0.4, -0.2) is 25.6 Å². The molecule has 2 aromatic rings. The summed E-state index contributed by atoms with van der Waals surface area (Å²) in [5.74, 6) is -0.553. The van der Waals surface area contributed by atoms with E-state index < -0.39 is 5.97 Å². The van der Waals surface area contributed by atoms with Crippen molar-refractivity contribution in [2.75, 3.05) is 19.0 Å². The van der Waals surface area contributed by atoms with Gasteiger partial charge in [0, 0.05) is 10.2 Å². The Morgan fingerprint density at radius 3 is 2.55 bits per heavy atom. The Morgan fingerprint density at radius 2 is 1.86 bits per heavy atom. The number of carbonyl (C=O) groups is 2. The van der Waals surface area contributed by atoms with E-state index in [4.69, 9.17) is 9.47 Å². The van der Waals surface area contributed by atoms with Gasteiger partial charge < -0.3 is 14.8 Å². The average molecular weight is 364 g/mol. The number of ether oxygens (including phenoxy) is 2. The topological polar surface area (TPSA) is 64.6 Å². The van der Waals surface area contributed by atoms with E-state index in [1.165, 1.54) is 7.11 Å². The fourth-order valence-corrected chi connectivity index (χ4v) is 2.12. The molecule has 0 aliphatic heterocycles. The maximum absolute atomic E-state index is 11.8. The minimum absolute atomic E-state index is 0.208. The Morgan fingerprint density at radius 1 is 1.14 bits per heavy atom. The van der Waals surface area contributed by atoms with Gasteiger partial charge in [0.15, 0.2) is 6.61 Å². The molecule has 0 bridgehead atoms. The summed E-state index contributed by atoms with van der Waals surface area (Å²) in [7, 11) is 1.29. The minimum Gasteiger partial charge on any atom is -0.483 e. The fourth-order valence-electron chi connectivity index (χ4n) is 1.76. The number of esters is 1. The Balaban J connectivity index is 2.02. The smallest absolute Gasteiger partial charge is 0.341 e. The number of hydrogen-bond acceptors (Lipinski definition) is 4. The molecule has 5 nitrogen and oxygen atoms in total. The molecule has 0 saturated carbocycles. The van der Waals surface area contributed by atoms with Crippen LogP contribution in [0.5, 0.6) is 5.75 Å². The van der Waals surface area contributed by atoms with Crippen molar-refractivity contribution in [1.29, 1.82) is 0 Å². The second-order valence-corrected chi connectivity index (χ2v) is 5.25. The Hall–Kier alpha value is -2.34. The third kappa shape index (κ3) is 4.33. The van der Waals surface area contributed by atoms with E-state index in [1.807, 2.05) is 18.2 Å². The predicted molar refractivity (Wildman–Crippen MR) is 86.0 cm³/mol. The van der Waals surface area contributed by atoms with E-state index in [0.717, 1.165) is 0 Å². The maximum atomic E-state index is 11.8. The highest BCUT2D eigenvalue weighted by Gasteiger charge is 2.14. The van der Waals surface area contributed by atoms with Crippen molar-refractivity contribution in [3.8, 4) is 5.75 Å². The van der Waals surface area contributed by atoms with Crippen molar-refractivity contribution in [3.63, 3.8) is 0 Å². The van der Waals surface area contributed by atoms with Crippen molar-refractivity contribution in [1.82, 2.24) is 0 Å². The average Bonchev–Trinajstić information content (AvgIpc) is 2.53. The lowest BCUT2D eigenvalue weighted by Crippen LogP contribution is -2.21. The molecule has 2 rings (SSSR count). The maximum Gasteiger partial charge on any atom is 0.341 e. The number of hydrogen-bond donors (Lipinski definition) is 1. The van der Waals surface area contributed by atoms with Crippen molar-refractivity contribution in [2.24, 2.45) is 0 Å². The zero-order valence-electron chi connectivity index (χ0n) is 11.8. The second-order valence-electron chi connectivity index (χ2n) is 4.33. The summed E-state index contributed by atoms with van der Waals surface area (Å²) in [6, 6.07) is 14.0. The molecule has 0 aliphatic carbocycles. The molecule has 0 atom stereocenters. The first-order chi connectivity index (χ1) is 10.6. The first-order valence-electron chi connectivity index (χ1n) is 6.45. The van der Waals surface area contributed by atoms with Gasteiger partial charge in [-0.25, -0.2) is 4.79 Å². The molecule has 0 aliphatic rings. The van der Waals surface area contributed by atoms with Crippen LogP contribution < -0.4 is 10.1 Å². The number of amides is 1. The third-order valence-electron chi connectivity index (χ3n) is 2.76. The first kappa shape index (κ1) is 16.0. The van der Waals surface area contributed by atoms with Gasteiger partial charge in [0.05, 0.1) is 7.11 Å². The summed E-state index contributed by atoms with van der Waals surface area (Å²) in [5, 5.41) is 2.70. The largest absolute Gasteiger partial charge is 0.483 e. The van der Waals surface area contributed by atoms with Gasteiger partial charge in [-0.3, -0.25) is 4.79 Å². The van der Waals surface area contributed by atoms with E-state index in [-0.39, 0.29) is 18.1 Å². The lowest BCUT2D eigenvalue weighted by atomic mass is 10.2. The molecule has 2 aromatic carbocycles. The van der Waals surface area contributed by atoms with Gasteiger partial charge in [-0.1, -0.05) is 34.1 Å². The van der Waals surface area contributed by atoms with Crippen LogP contribution >= 0.6 is 15.9 Å². The summed E-state index contributed by atoms with van der Waals surface area (Å²) in [5.41, 5.74) is 0.935. The van der Waals surface area contributed by atoms with Gasteiger partial charge in [0.1, 0.15) is 11.3 Å². The zero-order chi connectivity index (χ0) is 15.9. The molecule has 1 amide bonds. The van der Waals surface area contributed by atoms with E-state index in [1.54, 1.807) is 30.3 Å². The Labute approximate surface area is 136 Å². The quantitative estimate of drug-likeness (QED) is 0.828. The number of nitrogens with one attached hydrogen (secondary N) is 1. The molecule has 114 valence electrons. The molecule has 0 aromatic heterocycles. The summed E-state index contributed by atoms with van der Waals surface area (Å²) >= 11 is 3.28. The van der Waals surface area contributed by atoms with Gasteiger partial charge >= 0.3 is 5.97 Å². The van der Waals surface area contributed by atoms with Gasteiger partial charge in [0.25, 0.3) is 5.91 Å². The number of carbonyl (C=O) groups excluding carboxylic acids is 2. The molecule has 0 fully saturated rings. The number of para-hydroxylation sites is 1. The number of anilines is 1. The lowest BCUT2D eigenvalue weighted by molar-refractivity contribution is -0.118. The number of rotatable bonds is 5. The summed E-state index contributed by atoms with van der Waals surface area (Å²) in [4.78, 5) is 23.5. The van der Waals surface area contributed by atoms with Crippen LogP contribution in [0.15, 0.2) is 53.0 Å². The van der Waals surface area contributed by atoms with Crippen LogP contribution in [0.3, 0.4) is 0 Å². The molecule has 6 heteroatoms. The monoisotopic (exact) mass is 363 g/mol. The Kier molecular flexibility index (Phi) is 5.55. The van der Waals surface area contributed by atoms with Crippen molar-refractivity contribution in [3.05, 3.63) is 58.6 Å². The molecule has 0 radical (unpaired) electrons. The van der Waals surface area contributed by atoms with Crippen LogP contribution in [0.4, 0.5) is 5.69 Å². The van der Waals surface area contributed by atoms with Crippen LogP contribution in [0, 0.1) is 0 Å². The van der Waals surface area contributed by atoms with Gasteiger partial charge in [0.2, 0.25) is 0 Å². The first-order valence-corrected chi connectivity index (χ1v) is 7.25. The zero-order valence-corrected chi connectivity index (χ0v) is 13.4. The molecule has 0 spiro atoms. The predicted octanol–water partition coefficient (Wildman–Crippen LogP) is 3.25. The van der Waals surface area contributed by atoms with E-state index in [2.05, 4.69) is 21.2 Å². The molecule has 22 heavy (non-hydrogen) atoms. The summed E-state index contributed by atoms with van der Waals surface area (Å²) in [6.45, 7) is -0.208. The molecular weight excluding hydrogens is 350 g/mol. The van der Waals surface area contributed by atoms with Gasteiger partial charge in [-0.2, -0.15) is 0 Å². The normalized spacial score (nSPS) is 9.91. The molecule has 0 heterocycles. The standard InChI is InChI=1S/C16H14BrNO4/c1-21-16(20)13-9-11(17)7-8-14(13)22-10-15(19)18-12-5-3-2-4-6-12/h2-9H,10H2,1H3,(H,18,19). The highest BCUT2D eigenvalue weighted by molar-refractivity contribution is 9.10. The third-order valence-corrected chi connectivity index (χ3v) is 3.26. The fraction of sp³-hybridized carbons (Fsp3) is 0.125. The SMILES string of the molecule is COC(=O)c1cc(Br)ccc1OCC(=O)Nc1ccccc1. The van der Waals surface area contributed by atoms with Crippen molar-refractivity contribution < 1.29 is 19.1 Å². The number of benzene rings is 2. The number of methoxy groups -OCH3 is 1. The van der Waals surface area contributed by atoms with E-state index >= 15 is 0 Å². The van der Waals surface area contributed by atoms with Crippen LogP contribution in [-0.2, 0) is 9.53 Å². The molecular formula is C16H14BrNO4. The summed E-state index contributed by atoms with van der Waals surface area (Å²) in [6.07, 6.45) is 0. The lowest BCUT2D eigenvalue weighted by Gasteiger charge is -2.11. The van der Waals surface area contributed by atoms with Crippen molar-refractivity contribution in [2.45, 2.75) is 0 Å². The number of halogens is 1.